The van der Waals surface area contributed by atoms with Crippen molar-refractivity contribution in [2.75, 3.05) is 6.54 Å². The Hall–Kier alpha value is -0.820. The number of nitrogens with two attached hydrogens (primary N) is 1. The van der Waals surface area contributed by atoms with Crippen molar-refractivity contribution in [2.24, 2.45) is 17.6 Å². The molecular formula is C18H27N. The van der Waals surface area contributed by atoms with Crippen molar-refractivity contribution in [1.82, 2.24) is 0 Å². The molecule has 1 fully saturated rings. The normalized spacial score (nSPS) is 28.1. The lowest BCUT2D eigenvalue weighted by molar-refractivity contribution is 0.226. The van der Waals surface area contributed by atoms with Gasteiger partial charge in [0.1, 0.15) is 0 Å². The third kappa shape index (κ3) is 2.45. The Bertz CT molecular complexity index is 431. The first kappa shape index (κ1) is 13.2. The van der Waals surface area contributed by atoms with E-state index < -0.39 is 0 Å². The Morgan fingerprint density at radius 1 is 1.11 bits per heavy atom. The maximum Gasteiger partial charge on any atom is -0.00428 e. The van der Waals surface area contributed by atoms with Gasteiger partial charge in [0.2, 0.25) is 0 Å². The fourth-order valence-corrected chi connectivity index (χ4v) is 4.54. The van der Waals surface area contributed by atoms with E-state index in [4.69, 9.17) is 5.73 Å². The molecule has 0 saturated heterocycles. The lowest BCUT2D eigenvalue weighted by atomic mass is 9.65. The second-order valence-electron chi connectivity index (χ2n) is 6.60. The molecule has 3 rings (SSSR count). The molecule has 0 heterocycles. The third-order valence-corrected chi connectivity index (χ3v) is 5.54. The molecule has 1 aromatic rings. The van der Waals surface area contributed by atoms with Crippen LogP contribution in [0.1, 0.15) is 61.1 Å². The van der Waals surface area contributed by atoms with Gasteiger partial charge in [-0.15, -0.1) is 0 Å². The molecular weight excluding hydrogens is 230 g/mol. The maximum atomic E-state index is 6.10. The van der Waals surface area contributed by atoms with Crippen molar-refractivity contribution in [3.63, 3.8) is 0 Å². The van der Waals surface area contributed by atoms with Gasteiger partial charge in [0.05, 0.1) is 0 Å². The van der Waals surface area contributed by atoms with E-state index >= 15 is 0 Å². The number of benzene rings is 1. The Labute approximate surface area is 117 Å². The van der Waals surface area contributed by atoms with Gasteiger partial charge in [-0.1, -0.05) is 37.5 Å². The van der Waals surface area contributed by atoms with E-state index in [1.54, 1.807) is 11.1 Å². The third-order valence-electron chi connectivity index (χ3n) is 5.54. The first-order chi connectivity index (χ1) is 9.31. The van der Waals surface area contributed by atoms with E-state index in [1.807, 2.05) is 0 Å². The molecule has 2 aliphatic rings. The maximum absolute atomic E-state index is 6.10. The minimum Gasteiger partial charge on any atom is -0.330 e. The monoisotopic (exact) mass is 257 g/mol. The zero-order valence-electron chi connectivity index (χ0n) is 12.2. The standard InChI is InChI=1S/C18H27N/c1-13-6-5-9-17-16(13)11-10-15(12-19)18(17)14-7-3-2-4-8-14/h5-6,9,14-15,18H,2-4,7-8,10-12,19H2,1H3. The predicted molar refractivity (Wildman–Crippen MR) is 81.4 cm³/mol. The van der Waals surface area contributed by atoms with Crippen molar-refractivity contribution in [1.29, 1.82) is 0 Å². The molecule has 19 heavy (non-hydrogen) atoms. The van der Waals surface area contributed by atoms with Crippen LogP contribution >= 0.6 is 0 Å². The van der Waals surface area contributed by atoms with E-state index in [9.17, 15) is 0 Å². The lowest BCUT2D eigenvalue weighted by Crippen LogP contribution is -2.33. The largest absolute Gasteiger partial charge is 0.330 e. The molecule has 2 aliphatic carbocycles. The molecule has 0 radical (unpaired) electrons. The fraction of sp³-hybridized carbons (Fsp3) is 0.667. The highest BCUT2D eigenvalue weighted by atomic mass is 14.6. The van der Waals surface area contributed by atoms with Crippen LogP contribution in [-0.2, 0) is 6.42 Å². The Morgan fingerprint density at radius 2 is 1.89 bits per heavy atom. The van der Waals surface area contributed by atoms with Crippen LogP contribution in [0.3, 0.4) is 0 Å². The van der Waals surface area contributed by atoms with Gasteiger partial charge in [0, 0.05) is 0 Å². The van der Waals surface area contributed by atoms with Crippen LogP contribution < -0.4 is 5.73 Å². The van der Waals surface area contributed by atoms with Crippen LogP contribution in [0.5, 0.6) is 0 Å². The van der Waals surface area contributed by atoms with Crippen molar-refractivity contribution in [2.45, 2.75) is 57.8 Å². The molecule has 0 aliphatic heterocycles. The smallest absolute Gasteiger partial charge is 0.00428 e. The second kappa shape index (κ2) is 5.66. The topological polar surface area (TPSA) is 26.0 Å². The molecule has 1 heteroatoms. The van der Waals surface area contributed by atoms with Crippen molar-refractivity contribution in [3.05, 3.63) is 34.9 Å². The van der Waals surface area contributed by atoms with Crippen molar-refractivity contribution >= 4 is 0 Å². The summed E-state index contributed by atoms with van der Waals surface area (Å²) in [7, 11) is 0. The molecule has 1 aromatic carbocycles. The van der Waals surface area contributed by atoms with Crippen molar-refractivity contribution in [3.8, 4) is 0 Å². The van der Waals surface area contributed by atoms with Crippen LogP contribution in [0.2, 0.25) is 0 Å². The highest BCUT2D eigenvalue weighted by molar-refractivity contribution is 5.39. The van der Waals surface area contributed by atoms with Crippen molar-refractivity contribution < 1.29 is 0 Å². The number of fused-ring (bicyclic) bond motifs is 1. The number of hydrogen-bond acceptors (Lipinski definition) is 1. The van der Waals surface area contributed by atoms with Gasteiger partial charge in [-0.25, -0.2) is 0 Å². The molecule has 2 atom stereocenters. The molecule has 0 bridgehead atoms. The average Bonchev–Trinajstić information content (AvgIpc) is 2.47. The van der Waals surface area contributed by atoms with Gasteiger partial charge in [-0.2, -0.15) is 0 Å². The molecule has 2 unspecified atom stereocenters. The van der Waals surface area contributed by atoms with Crippen LogP contribution in [0.4, 0.5) is 0 Å². The minimum atomic E-state index is 0.720. The SMILES string of the molecule is Cc1cccc2c1CCC(CN)C2C1CCCCC1. The van der Waals surface area contributed by atoms with E-state index in [0.717, 1.165) is 24.3 Å². The summed E-state index contributed by atoms with van der Waals surface area (Å²) in [6.07, 6.45) is 9.70. The van der Waals surface area contributed by atoms with Gasteiger partial charge >= 0.3 is 0 Å². The summed E-state index contributed by atoms with van der Waals surface area (Å²) < 4.78 is 0. The average molecular weight is 257 g/mol. The fourth-order valence-electron chi connectivity index (χ4n) is 4.54. The van der Waals surface area contributed by atoms with Crippen LogP contribution in [0, 0.1) is 18.8 Å². The van der Waals surface area contributed by atoms with Gasteiger partial charge in [-0.3, -0.25) is 0 Å². The van der Waals surface area contributed by atoms with Gasteiger partial charge in [0.25, 0.3) is 0 Å². The van der Waals surface area contributed by atoms with Gasteiger partial charge in [-0.05, 0) is 73.6 Å². The Balaban J connectivity index is 1.96. The molecule has 0 spiro atoms. The summed E-state index contributed by atoms with van der Waals surface area (Å²) in [5.41, 5.74) is 10.9. The van der Waals surface area contributed by atoms with Crippen LogP contribution in [-0.4, -0.2) is 6.54 Å². The predicted octanol–water partition coefficient (Wildman–Crippen LogP) is 4.18. The Kier molecular flexibility index (Phi) is 3.93. The quantitative estimate of drug-likeness (QED) is 0.845. The zero-order valence-corrected chi connectivity index (χ0v) is 12.2. The molecule has 1 nitrogen and oxygen atoms in total. The zero-order chi connectivity index (χ0) is 13.2. The molecule has 1 saturated carbocycles. The molecule has 0 aromatic heterocycles. The van der Waals surface area contributed by atoms with Crippen LogP contribution in [0.25, 0.3) is 0 Å². The number of hydrogen-bond donors (Lipinski definition) is 1. The number of aryl methyl sites for hydroxylation is 1. The van der Waals surface area contributed by atoms with Crippen LogP contribution in [0.15, 0.2) is 18.2 Å². The summed E-state index contributed by atoms with van der Waals surface area (Å²) in [5.74, 6) is 2.36. The first-order valence-corrected chi connectivity index (χ1v) is 8.09. The first-order valence-electron chi connectivity index (χ1n) is 8.09. The lowest BCUT2D eigenvalue weighted by Gasteiger charge is -2.40. The van der Waals surface area contributed by atoms with E-state index in [2.05, 4.69) is 25.1 Å². The van der Waals surface area contributed by atoms with Gasteiger partial charge < -0.3 is 5.73 Å². The molecule has 2 N–H and O–H groups in total. The summed E-state index contributed by atoms with van der Waals surface area (Å²) >= 11 is 0. The summed E-state index contributed by atoms with van der Waals surface area (Å²) in [6, 6.07) is 6.92. The minimum absolute atomic E-state index is 0.720. The highest BCUT2D eigenvalue weighted by Gasteiger charge is 2.35. The molecule has 104 valence electrons. The number of rotatable bonds is 2. The highest BCUT2D eigenvalue weighted by Crippen LogP contribution is 2.46. The molecule has 0 amide bonds. The Morgan fingerprint density at radius 3 is 2.63 bits per heavy atom. The summed E-state index contributed by atoms with van der Waals surface area (Å²) in [4.78, 5) is 0. The second-order valence-corrected chi connectivity index (χ2v) is 6.60. The van der Waals surface area contributed by atoms with E-state index in [1.165, 1.54) is 50.5 Å². The summed E-state index contributed by atoms with van der Waals surface area (Å²) in [5, 5.41) is 0. The van der Waals surface area contributed by atoms with E-state index in [0.29, 0.717) is 0 Å². The van der Waals surface area contributed by atoms with Gasteiger partial charge in [0.15, 0.2) is 0 Å². The van der Waals surface area contributed by atoms with E-state index in [-0.39, 0.29) is 0 Å². The summed E-state index contributed by atoms with van der Waals surface area (Å²) in [6.45, 7) is 3.15.